The van der Waals surface area contributed by atoms with Gasteiger partial charge in [-0.05, 0) is 49.9 Å². The fraction of sp³-hybridized carbons (Fsp3) is 0.588. The summed E-state index contributed by atoms with van der Waals surface area (Å²) in [5.41, 5.74) is 0.461. The Labute approximate surface area is 126 Å². The van der Waals surface area contributed by atoms with E-state index in [2.05, 4.69) is 24.4 Å². The van der Waals surface area contributed by atoms with Crippen LogP contribution < -0.4 is 10.1 Å². The lowest BCUT2D eigenvalue weighted by molar-refractivity contribution is -0.144. The predicted octanol–water partition coefficient (Wildman–Crippen LogP) is 3.00. The number of carboxylic acids is 1. The molecule has 0 spiro atoms. The number of hydrogen-bond donors (Lipinski definition) is 2. The number of ether oxygens (including phenoxy) is 1. The molecular formula is C17H25NO3. The van der Waals surface area contributed by atoms with Gasteiger partial charge in [0.25, 0.3) is 0 Å². The molecule has 116 valence electrons. The highest BCUT2D eigenvalue weighted by Gasteiger charge is 2.46. The fourth-order valence-electron chi connectivity index (χ4n) is 2.89. The van der Waals surface area contributed by atoms with Gasteiger partial charge in [0, 0.05) is 6.42 Å². The maximum Gasteiger partial charge on any atom is 0.324 e. The zero-order valence-corrected chi connectivity index (χ0v) is 12.9. The van der Waals surface area contributed by atoms with Gasteiger partial charge in [0.1, 0.15) is 17.4 Å². The van der Waals surface area contributed by atoms with Gasteiger partial charge in [0.05, 0.1) is 0 Å². The molecule has 4 heteroatoms. The van der Waals surface area contributed by atoms with Gasteiger partial charge in [0.15, 0.2) is 0 Å². The first-order valence-electron chi connectivity index (χ1n) is 7.83. The lowest BCUT2D eigenvalue weighted by Gasteiger charge is -2.25. The molecule has 1 aromatic carbocycles. The van der Waals surface area contributed by atoms with Crippen molar-refractivity contribution in [2.75, 3.05) is 6.54 Å². The lowest BCUT2D eigenvalue weighted by atomic mass is 9.97. The Morgan fingerprint density at radius 3 is 2.67 bits per heavy atom. The third-order valence-corrected chi connectivity index (χ3v) is 4.23. The van der Waals surface area contributed by atoms with Crippen LogP contribution in [-0.4, -0.2) is 29.3 Å². The van der Waals surface area contributed by atoms with Crippen molar-refractivity contribution in [3.05, 3.63) is 29.8 Å². The first kappa shape index (κ1) is 15.8. The van der Waals surface area contributed by atoms with Crippen LogP contribution >= 0.6 is 0 Å². The van der Waals surface area contributed by atoms with Gasteiger partial charge in [0.2, 0.25) is 0 Å². The van der Waals surface area contributed by atoms with E-state index in [0.717, 1.165) is 31.6 Å². The average Bonchev–Trinajstić information content (AvgIpc) is 2.90. The van der Waals surface area contributed by atoms with Gasteiger partial charge in [-0.15, -0.1) is 0 Å². The van der Waals surface area contributed by atoms with Crippen LogP contribution in [0, 0.1) is 0 Å². The van der Waals surface area contributed by atoms with Crippen LogP contribution in [0.25, 0.3) is 0 Å². The minimum atomic E-state index is -0.815. The molecule has 0 radical (unpaired) electrons. The number of rotatable bonds is 7. The second-order valence-electron chi connectivity index (χ2n) is 5.79. The maximum absolute atomic E-state index is 11.6. The number of carbonyl (C=O) groups is 1. The van der Waals surface area contributed by atoms with E-state index in [-0.39, 0.29) is 6.10 Å². The van der Waals surface area contributed by atoms with E-state index in [0.29, 0.717) is 12.8 Å². The first-order chi connectivity index (χ1) is 10.1. The molecule has 0 heterocycles. The van der Waals surface area contributed by atoms with E-state index in [9.17, 15) is 9.90 Å². The molecule has 1 fully saturated rings. The largest absolute Gasteiger partial charge is 0.490 e. The number of benzene rings is 1. The fourth-order valence-corrected chi connectivity index (χ4v) is 2.89. The highest BCUT2D eigenvalue weighted by Crippen LogP contribution is 2.33. The van der Waals surface area contributed by atoms with Crippen LogP contribution in [0.1, 0.15) is 45.1 Å². The average molecular weight is 291 g/mol. The molecule has 1 aliphatic rings. The molecule has 0 aliphatic heterocycles. The summed E-state index contributed by atoms with van der Waals surface area (Å²) in [7, 11) is 0. The Kier molecular flexibility index (Phi) is 5.23. The second kappa shape index (κ2) is 6.94. The van der Waals surface area contributed by atoms with E-state index in [1.165, 1.54) is 5.56 Å². The molecule has 0 bridgehead atoms. The quantitative estimate of drug-likeness (QED) is 0.811. The van der Waals surface area contributed by atoms with E-state index in [1.807, 2.05) is 19.1 Å². The Hall–Kier alpha value is -1.55. The number of nitrogens with one attached hydrogen (secondary N) is 1. The van der Waals surface area contributed by atoms with E-state index < -0.39 is 11.5 Å². The van der Waals surface area contributed by atoms with Crippen LogP contribution in [0.3, 0.4) is 0 Å². The van der Waals surface area contributed by atoms with Crippen LogP contribution in [0.2, 0.25) is 0 Å². The van der Waals surface area contributed by atoms with Gasteiger partial charge >= 0.3 is 5.97 Å². The second-order valence-corrected chi connectivity index (χ2v) is 5.79. The normalized spacial score (nSPS) is 25.0. The molecular weight excluding hydrogens is 266 g/mol. The molecule has 4 nitrogen and oxygen atoms in total. The summed E-state index contributed by atoms with van der Waals surface area (Å²) < 4.78 is 5.96. The zero-order valence-electron chi connectivity index (χ0n) is 12.9. The molecule has 2 rings (SSSR count). The summed E-state index contributed by atoms with van der Waals surface area (Å²) >= 11 is 0. The smallest absolute Gasteiger partial charge is 0.324 e. The Bertz CT molecular complexity index is 471. The van der Waals surface area contributed by atoms with Gasteiger partial charge < -0.3 is 15.2 Å². The molecule has 1 aromatic rings. The SMILES string of the molecule is CCCNC1(C(=O)O)CCC(Oc2ccc(CC)cc2)C1. The monoisotopic (exact) mass is 291 g/mol. The highest BCUT2D eigenvalue weighted by atomic mass is 16.5. The van der Waals surface area contributed by atoms with Gasteiger partial charge in [-0.2, -0.15) is 0 Å². The lowest BCUT2D eigenvalue weighted by Crippen LogP contribution is -2.50. The molecule has 0 aromatic heterocycles. The van der Waals surface area contributed by atoms with Crippen molar-refractivity contribution in [2.24, 2.45) is 0 Å². The molecule has 1 aliphatic carbocycles. The van der Waals surface area contributed by atoms with Gasteiger partial charge in [-0.3, -0.25) is 4.79 Å². The predicted molar refractivity (Wildman–Crippen MR) is 82.7 cm³/mol. The highest BCUT2D eigenvalue weighted by molar-refractivity contribution is 5.79. The summed E-state index contributed by atoms with van der Waals surface area (Å²) in [6.07, 6.45) is 3.83. The molecule has 0 amide bonds. The molecule has 2 N–H and O–H groups in total. The summed E-state index contributed by atoms with van der Waals surface area (Å²) in [5.74, 6) is 0.0669. The minimum Gasteiger partial charge on any atom is -0.490 e. The number of carboxylic acid groups (broad SMARTS) is 1. The maximum atomic E-state index is 11.6. The van der Waals surface area contributed by atoms with Crippen molar-refractivity contribution in [3.63, 3.8) is 0 Å². The van der Waals surface area contributed by atoms with E-state index in [1.54, 1.807) is 0 Å². The van der Waals surface area contributed by atoms with E-state index >= 15 is 0 Å². The summed E-state index contributed by atoms with van der Waals surface area (Å²) in [6.45, 7) is 4.89. The van der Waals surface area contributed by atoms with Crippen LogP contribution in [0.5, 0.6) is 5.75 Å². The third-order valence-electron chi connectivity index (χ3n) is 4.23. The number of aliphatic carboxylic acids is 1. The standard InChI is InChI=1S/C17H25NO3/c1-3-11-18-17(16(19)20)10-9-15(12-17)21-14-7-5-13(4-2)6-8-14/h5-8,15,18H,3-4,9-12H2,1-2H3,(H,19,20). The van der Waals surface area contributed by atoms with Crippen molar-refractivity contribution < 1.29 is 14.6 Å². The molecule has 1 saturated carbocycles. The van der Waals surface area contributed by atoms with Crippen molar-refractivity contribution in [3.8, 4) is 5.75 Å². The Morgan fingerprint density at radius 2 is 2.10 bits per heavy atom. The van der Waals surface area contributed by atoms with Crippen molar-refractivity contribution >= 4 is 5.97 Å². The summed E-state index contributed by atoms with van der Waals surface area (Å²) in [6, 6.07) is 8.06. The van der Waals surface area contributed by atoms with E-state index in [4.69, 9.17) is 4.74 Å². The number of hydrogen-bond acceptors (Lipinski definition) is 3. The topological polar surface area (TPSA) is 58.6 Å². The summed E-state index contributed by atoms with van der Waals surface area (Å²) in [5, 5.41) is 12.7. The first-order valence-corrected chi connectivity index (χ1v) is 7.83. The van der Waals surface area contributed by atoms with Crippen molar-refractivity contribution in [2.45, 2.75) is 57.6 Å². The molecule has 0 saturated heterocycles. The molecule has 2 unspecified atom stereocenters. The molecule has 21 heavy (non-hydrogen) atoms. The van der Waals surface area contributed by atoms with Crippen LogP contribution in [0.4, 0.5) is 0 Å². The van der Waals surface area contributed by atoms with Gasteiger partial charge in [-0.1, -0.05) is 26.0 Å². The van der Waals surface area contributed by atoms with Gasteiger partial charge in [-0.25, -0.2) is 0 Å². The Morgan fingerprint density at radius 1 is 1.38 bits per heavy atom. The van der Waals surface area contributed by atoms with Crippen LogP contribution in [0.15, 0.2) is 24.3 Å². The van der Waals surface area contributed by atoms with Crippen LogP contribution in [-0.2, 0) is 11.2 Å². The van der Waals surface area contributed by atoms with Crippen molar-refractivity contribution in [1.82, 2.24) is 5.32 Å². The summed E-state index contributed by atoms with van der Waals surface area (Å²) in [4.78, 5) is 11.6. The third kappa shape index (κ3) is 3.76. The minimum absolute atomic E-state index is 0.0297. The van der Waals surface area contributed by atoms with Crippen molar-refractivity contribution in [1.29, 1.82) is 0 Å². The molecule has 2 atom stereocenters. The zero-order chi connectivity index (χ0) is 15.3. The Balaban J connectivity index is 1.98. The number of aryl methyl sites for hydroxylation is 1.